The van der Waals surface area contributed by atoms with E-state index in [9.17, 15) is 4.79 Å². The fourth-order valence-corrected chi connectivity index (χ4v) is 2.43. The predicted molar refractivity (Wildman–Crippen MR) is 91.1 cm³/mol. The minimum atomic E-state index is -0.107. The molecule has 2 rings (SSSR count). The maximum Gasteiger partial charge on any atom is 0.254 e. The molecule has 0 radical (unpaired) electrons. The molecular weight excluding hydrogens is 304 g/mol. The summed E-state index contributed by atoms with van der Waals surface area (Å²) >= 11 is 0. The summed E-state index contributed by atoms with van der Waals surface area (Å²) in [7, 11) is 3.17. The van der Waals surface area contributed by atoms with Crippen LogP contribution >= 0.6 is 0 Å². The number of amides is 1. The molecule has 124 valence electrons. The highest BCUT2D eigenvalue weighted by atomic mass is 16.5. The molecule has 0 unspecified atom stereocenters. The highest BCUT2D eigenvalue weighted by molar-refractivity contribution is 5.94. The number of benzene rings is 2. The van der Waals surface area contributed by atoms with Crippen LogP contribution < -0.4 is 9.47 Å². The first kappa shape index (κ1) is 17.4. The van der Waals surface area contributed by atoms with Crippen molar-refractivity contribution in [3.05, 3.63) is 59.2 Å². The molecule has 5 heteroatoms. The zero-order chi connectivity index (χ0) is 17.5. The van der Waals surface area contributed by atoms with E-state index >= 15 is 0 Å². The lowest BCUT2D eigenvalue weighted by atomic mass is 10.1. The summed E-state index contributed by atoms with van der Waals surface area (Å²) in [5.41, 5.74) is 1.93. The van der Waals surface area contributed by atoms with Crippen molar-refractivity contribution in [1.82, 2.24) is 4.90 Å². The third-order valence-corrected chi connectivity index (χ3v) is 3.73. The van der Waals surface area contributed by atoms with Gasteiger partial charge in [0.15, 0.2) is 11.5 Å². The lowest BCUT2D eigenvalue weighted by Crippen LogP contribution is -2.30. The first-order valence-electron chi connectivity index (χ1n) is 7.63. The Kier molecular flexibility index (Phi) is 5.80. The fourth-order valence-electron chi connectivity index (χ4n) is 2.43. The summed E-state index contributed by atoms with van der Waals surface area (Å²) in [4.78, 5) is 14.4. The number of rotatable bonds is 6. The number of ether oxygens (including phenoxy) is 2. The van der Waals surface area contributed by atoms with Crippen LogP contribution in [0.25, 0.3) is 0 Å². The van der Waals surface area contributed by atoms with Crippen LogP contribution in [0.3, 0.4) is 0 Å². The SMILES string of the molecule is CCN(Cc1ccc(OC)c(OC)c1)C(=O)c1cccc(C#N)c1. The maximum absolute atomic E-state index is 12.7. The fraction of sp³-hybridized carbons (Fsp3) is 0.263. The average molecular weight is 324 g/mol. The van der Waals surface area contributed by atoms with Crippen molar-refractivity contribution < 1.29 is 14.3 Å². The van der Waals surface area contributed by atoms with Gasteiger partial charge in [-0.05, 0) is 42.8 Å². The van der Waals surface area contributed by atoms with Gasteiger partial charge in [0.2, 0.25) is 0 Å². The van der Waals surface area contributed by atoms with E-state index in [1.165, 1.54) is 0 Å². The lowest BCUT2D eigenvalue weighted by molar-refractivity contribution is 0.0752. The van der Waals surface area contributed by atoms with Gasteiger partial charge in [-0.25, -0.2) is 0 Å². The van der Waals surface area contributed by atoms with Crippen molar-refractivity contribution in [2.75, 3.05) is 20.8 Å². The van der Waals surface area contributed by atoms with E-state index in [-0.39, 0.29) is 5.91 Å². The normalized spacial score (nSPS) is 9.92. The van der Waals surface area contributed by atoms with Crippen molar-refractivity contribution in [3.8, 4) is 17.6 Å². The van der Waals surface area contributed by atoms with E-state index in [2.05, 4.69) is 6.07 Å². The molecule has 0 aliphatic rings. The Morgan fingerprint density at radius 2 is 1.88 bits per heavy atom. The van der Waals surface area contributed by atoms with Crippen LogP contribution in [0.2, 0.25) is 0 Å². The van der Waals surface area contributed by atoms with Gasteiger partial charge in [-0.3, -0.25) is 4.79 Å². The Hall–Kier alpha value is -3.00. The molecule has 0 aliphatic carbocycles. The highest BCUT2D eigenvalue weighted by Crippen LogP contribution is 2.28. The van der Waals surface area contributed by atoms with Crippen LogP contribution in [0.4, 0.5) is 0 Å². The number of methoxy groups -OCH3 is 2. The second-order valence-corrected chi connectivity index (χ2v) is 5.20. The van der Waals surface area contributed by atoms with Gasteiger partial charge < -0.3 is 14.4 Å². The molecule has 24 heavy (non-hydrogen) atoms. The van der Waals surface area contributed by atoms with E-state index in [1.54, 1.807) is 43.4 Å². The molecule has 0 saturated heterocycles. The Bertz CT molecular complexity index is 765. The molecule has 0 N–H and O–H groups in total. The molecule has 5 nitrogen and oxygen atoms in total. The van der Waals surface area contributed by atoms with E-state index in [0.29, 0.717) is 35.7 Å². The zero-order valence-electron chi connectivity index (χ0n) is 14.1. The van der Waals surface area contributed by atoms with E-state index in [4.69, 9.17) is 14.7 Å². The molecule has 0 atom stereocenters. The van der Waals surface area contributed by atoms with E-state index in [1.807, 2.05) is 25.1 Å². The zero-order valence-corrected chi connectivity index (χ0v) is 14.1. The smallest absolute Gasteiger partial charge is 0.254 e. The molecular formula is C19H20N2O3. The van der Waals surface area contributed by atoms with Crippen LogP contribution in [0.1, 0.15) is 28.4 Å². The van der Waals surface area contributed by atoms with Gasteiger partial charge >= 0.3 is 0 Å². The van der Waals surface area contributed by atoms with Crippen LogP contribution in [0.15, 0.2) is 42.5 Å². The molecule has 1 amide bonds. The van der Waals surface area contributed by atoms with Crippen LogP contribution in [0.5, 0.6) is 11.5 Å². The lowest BCUT2D eigenvalue weighted by Gasteiger charge is -2.22. The number of nitrogens with zero attached hydrogens (tertiary/aromatic N) is 2. The van der Waals surface area contributed by atoms with Crippen molar-refractivity contribution in [2.45, 2.75) is 13.5 Å². The topological polar surface area (TPSA) is 62.6 Å². The Labute approximate surface area is 142 Å². The summed E-state index contributed by atoms with van der Waals surface area (Å²) in [6, 6.07) is 14.4. The minimum absolute atomic E-state index is 0.107. The molecule has 0 aliphatic heterocycles. The Morgan fingerprint density at radius 3 is 2.50 bits per heavy atom. The number of carbonyl (C=O) groups excluding carboxylic acids is 1. The molecule has 0 saturated carbocycles. The molecule has 2 aromatic carbocycles. The van der Waals surface area contributed by atoms with Crippen molar-refractivity contribution in [1.29, 1.82) is 5.26 Å². The molecule has 0 heterocycles. The maximum atomic E-state index is 12.7. The van der Waals surface area contributed by atoms with Gasteiger partial charge in [-0.1, -0.05) is 12.1 Å². The predicted octanol–water partition coefficient (Wildman–Crippen LogP) is 3.24. The van der Waals surface area contributed by atoms with Crippen molar-refractivity contribution in [3.63, 3.8) is 0 Å². The summed E-state index contributed by atoms with van der Waals surface area (Å²) in [6.45, 7) is 2.93. The van der Waals surface area contributed by atoms with Crippen LogP contribution in [0, 0.1) is 11.3 Å². The van der Waals surface area contributed by atoms with E-state index in [0.717, 1.165) is 5.56 Å². The van der Waals surface area contributed by atoms with Gasteiger partial charge in [0.05, 0.1) is 25.9 Å². The number of hydrogen-bond acceptors (Lipinski definition) is 4. The van der Waals surface area contributed by atoms with Crippen LogP contribution in [-0.2, 0) is 6.54 Å². The van der Waals surface area contributed by atoms with Crippen molar-refractivity contribution >= 4 is 5.91 Å². The minimum Gasteiger partial charge on any atom is -0.493 e. The van der Waals surface area contributed by atoms with Crippen LogP contribution in [-0.4, -0.2) is 31.6 Å². The second kappa shape index (κ2) is 8.02. The average Bonchev–Trinajstić information content (AvgIpc) is 2.65. The first-order valence-corrected chi connectivity index (χ1v) is 7.63. The molecule has 0 spiro atoms. The largest absolute Gasteiger partial charge is 0.493 e. The summed E-state index contributed by atoms with van der Waals surface area (Å²) in [5.74, 6) is 1.17. The molecule has 0 bridgehead atoms. The molecule has 0 aromatic heterocycles. The van der Waals surface area contributed by atoms with E-state index < -0.39 is 0 Å². The third-order valence-electron chi connectivity index (χ3n) is 3.73. The Morgan fingerprint density at radius 1 is 1.12 bits per heavy atom. The summed E-state index contributed by atoms with van der Waals surface area (Å²) < 4.78 is 10.5. The quantitative estimate of drug-likeness (QED) is 0.818. The number of carbonyl (C=O) groups is 1. The van der Waals surface area contributed by atoms with Crippen molar-refractivity contribution in [2.24, 2.45) is 0 Å². The summed E-state index contributed by atoms with van der Waals surface area (Å²) in [6.07, 6.45) is 0. The first-order chi connectivity index (χ1) is 11.6. The Balaban J connectivity index is 2.22. The van der Waals surface area contributed by atoms with Gasteiger partial charge in [0.25, 0.3) is 5.91 Å². The van der Waals surface area contributed by atoms with Gasteiger partial charge in [-0.15, -0.1) is 0 Å². The standard InChI is InChI=1S/C19H20N2O3/c1-4-21(19(22)16-7-5-6-14(10-16)12-20)13-15-8-9-17(23-2)18(11-15)24-3/h5-11H,4,13H2,1-3H3. The van der Waals surface area contributed by atoms with Gasteiger partial charge in [-0.2, -0.15) is 5.26 Å². The molecule has 2 aromatic rings. The number of hydrogen-bond donors (Lipinski definition) is 0. The second-order valence-electron chi connectivity index (χ2n) is 5.20. The monoisotopic (exact) mass is 324 g/mol. The summed E-state index contributed by atoms with van der Waals surface area (Å²) in [5, 5.41) is 8.98. The third kappa shape index (κ3) is 3.85. The molecule has 0 fully saturated rings. The van der Waals surface area contributed by atoms with Gasteiger partial charge in [0, 0.05) is 18.7 Å². The highest BCUT2D eigenvalue weighted by Gasteiger charge is 2.16. The number of nitriles is 1. The van der Waals surface area contributed by atoms with Gasteiger partial charge in [0.1, 0.15) is 0 Å².